The Kier molecular flexibility index (Phi) is 6.13. The summed E-state index contributed by atoms with van der Waals surface area (Å²) >= 11 is 0. The first-order valence-corrected chi connectivity index (χ1v) is 12.7. The molecule has 38 heavy (non-hydrogen) atoms. The molecule has 2 aliphatic rings. The van der Waals surface area contributed by atoms with Gasteiger partial charge < -0.3 is 25.6 Å². The Labute approximate surface area is 221 Å². The largest absolute Gasteiger partial charge is 0.422 e. The van der Waals surface area contributed by atoms with Gasteiger partial charge in [-0.25, -0.2) is 4.79 Å². The number of benzene rings is 2. The molecule has 5 N–H and O–H groups in total. The maximum Gasteiger partial charge on any atom is 0.349 e. The number of primary amides is 1. The van der Waals surface area contributed by atoms with Crippen molar-refractivity contribution in [3.8, 4) is 0 Å². The zero-order valence-electron chi connectivity index (χ0n) is 22.7. The van der Waals surface area contributed by atoms with Crippen LogP contribution in [0, 0.1) is 13.8 Å². The van der Waals surface area contributed by atoms with Crippen molar-refractivity contribution in [1.29, 1.82) is 0 Å². The van der Waals surface area contributed by atoms with E-state index >= 15 is 0 Å². The van der Waals surface area contributed by atoms with Crippen LogP contribution in [0.15, 0.2) is 57.3 Å². The first-order chi connectivity index (χ1) is 17.8. The van der Waals surface area contributed by atoms with E-state index in [9.17, 15) is 14.8 Å². The quantitative estimate of drug-likeness (QED) is 0.286. The minimum absolute atomic E-state index is 0.131. The number of amides is 1. The highest BCUT2D eigenvalue weighted by Gasteiger charge is 2.45. The standard InChI is InChI=1S/C29H35N5O4/c1-16-8-7-9-18(10-16)15-33-22-12-23-20(17(2)24(25(30)35)26(36)38-23)11-21(22)32-27(33)31-14-19-13-28(3,4)34(37)29(19,5)6/h7-13,27,31-32,37H,14-15H2,1-6H3,(H2,30,35). The molecular formula is C29H35N5O4. The van der Waals surface area contributed by atoms with Crippen LogP contribution in [-0.4, -0.2) is 40.1 Å². The fourth-order valence-corrected chi connectivity index (χ4v) is 5.73. The molecule has 1 aromatic heterocycles. The lowest BCUT2D eigenvalue weighted by molar-refractivity contribution is -0.185. The Balaban J connectivity index is 1.54. The lowest BCUT2D eigenvalue weighted by atomic mass is 9.96. The second kappa shape index (κ2) is 8.97. The second-order valence-electron chi connectivity index (χ2n) is 11.4. The fourth-order valence-electron chi connectivity index (χ4n) is 5.73. The summed E-state index contributed by atoms with van der Waals surface area (Å²) in [6, 6.07) is 12.1. The predicted molar refractivity (Wildman–Crippen MR) is 148 cm³/mol. The number of carbonyl (C=O) groups excluding carboxylic acids is 1. The Morgan fingerprint density at radius 2 is 1.92 bits per heavy atom. The summed E-state index contributed by atoms with van der Waals surface area (Å²) in [7, 11) is 0. The first kappa shape index (κ1) is 26.0. The Morgan fingerprint density at radius 3 is 2.55 bits per heavy atom. The molecule has 0 saturated carbocycles. The van der Waals surface area contributed by atoms with E-state index in [1.165, 1.54) is 10.6 Å². The molecule has 0 radical (unpaired) electrons. The zero-order chi connectivity index (χ0) is 27.6. The third-order valence-electron chi connectivity index (χ3n) is 7.75. The summed E-state index contributed by atoms with van der Waals surface area (Å²) in [5, 5.41) is 20.0. The molecule has 5 rings (SSSR count). The van der Waals surface area contributed by atoms with Crippen LogP contribution in [-0.2, 0) is 6.54 Å². The van der Waals surface area contributed by atoms with Crippen molar-refractivity contribution >= 4 is 28.3 Å². The maximum absolute atomic E-state index is 12.5. The van der Waals surface area contributed by atoms with Gasteiger partial charge in [0.25, 0.3) is 5.91 Å². The number of anilines is 2. The monoisotopic (exact) mass is 517 g/mol. The van der Waals surface area contributed by atoms with Crippen molar-refractivity contribution in [3.63, 3.8) is 0 Å². The van der Waals surface area contributed by atoms with E-state index in [0.717, 1.165) is 22.5 Å². The van der Waals surface area contributed by atoms with Crippen molar-refractivity contribution in [2.45, 2.75) is 65.5 Å². The molecule has 1 unspecified atom stereocenters. The molecule has 3 heterocycles. The normalized spacial score (nSPS) is 19.9. The minimum atomic E-state index is -0.805. The van der Waals surface area contributed by atoms with Crippen LogP contribution in [0.4, 0.5) is 11.4 Å². The van der Waals surface area contributed by atoms with Gasteiger partial charge in [0.15, 0.2) is 6.29 Å². The number of hydrogen-bond donors (Lipinski definition) is 4. The van der Waals surface area contributed by atoms with Gasteiger partial charge >= 0.3 is 5.63 Å². The number of nitrogens with one attached hydrogen (secondary N) is 2. The van der Waals surface area contributed by atoms with Gasteiger partial charge in [-0.3, -0.25) is 10.1 Å². The molecule has 9 heteroatoms. The molecule has 3 aromatic rings. The molecule has 0 fully saturated rings. The first-order valence-electron chi connectivity index (χ1n) is 12.7. The van der Waals surface area contributed by atoms with Crippen molar-refractivity contribution < 1.29 is 14.4 Å². The van der Waals surface area contributed by atoms with E-state index in [1.807, 2.05) is 45.9 Å². The van der Waals surface area contributed by atoms with E-state index in [4.69, 9.17) is 10.2 Å². The van der Waals surface area contributed by atoms with Gasteiger partial charge in [-0.2, -0.15) is 5.06 Å². The minimum Gasteiger partial charge on any atom is -0.422 e. The van der Waals surface area contributed by atoms with Crippen LogP contribution in [0.1, 0.15) is 54.7 Å². The van der Waals surface area contributed by atoms with Crippen LogP contribution in [0.25, 0.3) is 11.0 Å². The van der Waals surface area contributed by atoms with E-state index in [-0.39, 0.29) is 11.9 Å². The fraction of sp³-hybridized carbons (Fsp3) is 0.379. The Hall–Kier alpha value is -3.66. The molecule has 2 aliphatic heterocycles. The average Bonchev–Trinajstić information content (AvgIpc) is 3.23. The summed E-state index contributed by atoms with van der Waals surface area (Å²) in [6.07, 6.45) is 1.82. The second-order valence-corrected chi connectivity index (χ2v) is 11.4. The lowest BCUT2D eigenvalue weighted by Crippen LogP contribution is -2.51. The lowest BCUT2D eigenvalue weighted by Gasteiger charge is -2.36. The number of rotatable bonds is 6. The summed E-state index contributed by atoms with van der Waals surface area (Å²) in [5.74, 6) is -0.805. The molecule has 0 saturated heterocycles. The van der Waals surface area contributed by atoms with E-state index in [1.54, 1.807) is 6.92 Å². The van der Waals surface area contributed by atoms with Crippen LogP contribution >= 0.6 is 0 Å². The number of carbonyl (C=O) groups is 1. The highest BCUT2D eigenvalue weighted by atomic mass is 16.5. The van der Waals surface area contributed by atoms with Crippen molar-refractivity contribution in [1.82, 2.24) is 10.4 Å². The summed E-state index contributed by atoms with van der Waals surface area (Å²) in [6.45, 7) is 12.9. The topological polar surface area (TPSA) is 124 Å². The van der Waals surface area contributed by atoms with Crippen LogP contribution in [0.3, 0.4) is 0 Å². The number of hydroxylamine groups is 2. The third kappa shape index (κ3) is 4.26. The summed E-state index contributed by atoms with van der Waals surface area (Å²) in [5.41, 5.74) is 9.58. The van der Waals surface area contributed by atoms with Crippen molar-refractivity contribution in [2.24, 2.45) is 5.73 Å². The highest BCUT2D eigenvalue weighted by molar-refractivity contribution is 6.00. The zero-order valence-corrected chi connectivity index (χ0v) is 22.7. The number of fused-ring (bicyclic) bond motifs is 2. The molecule has 2 aromatic carbocycles. The van der Waals surface area contributed by atoms with E-state index in [2.05, 4.69) is 46.7 Å². The van der Waals surface area contributed by atoms with Crippen molar-refractivity contribution in [2.75, 3.05) is 16.8 Å². The SMILES string of the molecule is Cc1cccc(CN2c3cc4oc(=O)c(C(N)=O)c(C)c4cc3NC2NCC2=CC(C)(C)N(O)C2(C)C)c1. The van der Waals surface area contributed by atoms with Gasteiger partial charge in [0.05, 0.1) is 22.5 Å². The van der Waals surface area contributed by atoms with Gasteiger partial charge in [0.1, 0.15) is 11.1 Å². The smallest absolute Gasteiger partial charge is 0.349 e. The number of nitrogens with two attached hydrogens (primary N) is 1. The van der Waals surface area contributed by atoms with E-state index < -0.39 is 22.6 Å². The molecular weight excluding hydrogens is 482 g/mol. The highest BCUT2D eigenvalue weighted by Crippen LogP contribution is 2.41. The molecule has 1 amide bonds. The predicted octanol–water partition coefficient (Wildman–Crippen LogP) is 4.00. The summed E-state index contributed by atoms with van der Waals surface area (Å²) < 4.78 is 5.54. The molecule has 9 nitrogen and oxygen atoms in total. The number of hydrogen-bond acceptors (Lipinski definition) is 8. The molecule has 200 valence electrons. The van der Waals surface area contributed by atoms with Gasteiger partial charge in [-0.15, -0.1) is 0 Å². The van der Waals surface area contributed by atoms with Gasteiger partial charge in [-0.05, 0) is 64.3 Å². The molecule has 0 spiro atoms. The van der Waals surface area contributed by atoms with Gasteiger partial charge in [0, 0.05) is 24.5 Å². The van der Waals surface area contributed by atoms with Crippen LogP contribution < -0.4 is 26.9 Å². The Morgan fingerprint density at radius 1 is 1.18 bits per heavy atom. The molecule has 0 aliphatic carbocycles. The van der Waals surface area contributed by atoms with Gasteiger partial charge in [0.2, 0.25) is 0 Å². The number of nitrogens with zero attached hydrogens (tertiary/aromatic N) is 2. The number of aryl methyl sites for hydroxylation is 2. The third-order valence-corrected chi connectivity index (χ3v) is 7.75. The van der Waals surface area contributed by atoms with Crippen LogP contribution in [0.2, 0.25) is 0 Å². The van der Waals surface area contributed by atoms with Crippen molar-refractivity contribution in [3.05, 3.63) is 80.7 Å². The summed E-state index contributed by atoms with van der Waals surface area (Å²) in [4.78, 5) is 26.6. The average molecular weight is 518 g/mol. The molecule has 0 bridgehead atoms. The van der Waals surface area contributed by atoms with Gasteiger partial charge in [-0.1, -0.05) is 35.9 Å². The maximum atomic E-state index is 12.5. The van der Waals surface area contributed by atoms with E-state index in [0.29, 0.717) is 29.6 Å². The van der Waals surface area contributed by atoms with Crippen LogP contribution in [0.5, 0.6) is 0 Å². The molecule has 1 atom stereocenters. The Bertz CT molecular complexity index is 1540.